The summed E-state index contributed by atoms with van der Waals surface area (Å²) < 4.78 is 0. The first-order chi connectivity index (χ1) is 11.0. The molecule has 7 N–H and O–H groups in total. The molecule has 9 heteroatoms. The molecule has 0 spiro atoms. The van der Waals surface area contributed by atoms with Crippen molar-refractivity contribution in [3.05, 3.63) is 0 Å². The maximum Gasteiger partial charge on any atom is 0.451 e. The molecule has 0 radical (unpaired) electrons. The largest absolute Gasteiger partial charge is 0.480 e. The number of carboxylic acid groups (broad SMARTS) is 1. The van der Waals surface area contributed by atoms with Crippen LogP contribution >= 0.6 is 0 Å². The van der Waals surface area contributed by atoms with Crippen molar-refractivity contribution in [1.29, 1.82) is 0 Å². The first-order valence-electron chi connectivity index (χ1n) is 8.45. The van der Waals surface area contributed by atoms with Gasteiger partial charge in [-0.05, 0) is 32.0 Å². The van der Waals surface area contributed by atoms with Crippen LogP contribution in [0, 0.1) is 5.92 Å². The first kappa shape index (κ1) is 20.9. The van der Waals surface area contributed by atoms with E-state index >= 15 is 0 Å². The summed E-state index contributed by atoms with van der Waals surface area (Å²) in [5.74, 6) is -1.28. The molecular weight excluding hydrogens is 313 g/mol. The predicted molar refractivity (Wildman–Crippen MR) is 91.2 cm³/mol. The van der Waals surface area contributed by atoms with Crippen LogP contribution in [0.5, 0.6) is 0 Å². The maximum absolute atomic E-state index is 12.3. The van der Waals surface area contributed by atoms with E-state index in [0.717, 1.165) is 0 Å². The van der Waals surface area contributed by atoms with E-state index in [-0.39, 0.29) is 30.6 Å². The number of carbonyl (C=O) groups excluding carboxylic acids is 1. The van der Waals surface area contributed by atoms with Gasteiger partial charge >= 0.3 is 13.1 Å². The molecule has 8 nitrogen and oxygen atoms in total. The molecular formula is C15H30BN3O5. The summed E-state index contributed by atoms with van der Waals surface area (Å²) in [6.45, 7) is 5.77. The Bertz CT molecular complexity index is 458. The van der Waals surface area contributed by atoms with Gasteiger partial charge in [-0.25, -0.2) is 0 Å². The molecule has 3 atom stereocenters. The van der Waals surface area contributed by atoms with Gasteiger partial charge in [0.1, 0.15) is 5.54 Å². The third kappa shape index (κ3) is 5.17. The fourth-order valence-corrected chi connectivity index (χ4v) is 2.80. The minimum atomic E-state index is -1.37. The van der Waals surface area contributed by atoms with Crippen molar-refractivity contribution in [1.82, 2.24) is 10.6 Å². The Morgan fingerprint density at radius 1 is 1.42 bits per heavy atom. The summed E-state index contributed by atoms with van der Waals surface area (Å²) in [6, 6.07) is -0.293. The number of carbonyl (C=O) groups is 2. The highest BCUT2D eigenvalue weighted by Gasteiger charge is 2.46. The number of carboxylic acids is 1. The third-order valence-electron chi connectivity index (χ3n) is 5.03. The van der Waals surface area contributed by atoms with Crippen molar-refractivity contribution in [2.75, 3.05) is 6.54 Å². The lowest BCUT2D eigenvalue weighted by Crippen LogP contribution is -2.57. The van der Waals surface area contributed by atoms with Crippen LogP contribution < -0.4 is 16.4 Å². The van der Waals surface area contributed by atoms with Crippen LogP contribution in [0.15, 0.2) is 0 Å². The Balaban J connectivity index is 2.61. The predicted octanol–water partition coefficient (Wildman–Crippen LogP) is -0.696. The Labute approximate surface area is 143 Å². The van der Waals surface area contributed by atoms with Gasteiger partial charge < -0.3 is 26.2 Å². The number of hydrogen-bond donors (Lipinski definition) is 6. The molecule has 0 bridgehead atoms. The summed E-state index contributed by atoms with van der Waals surface area (Å²) in [5.41, 5.74) is 3.93. The molecule has 1 saturated heterocycles. The fourth-order valence-electron chi connectivity index (χ4n) is 2.80. The summed E-state index contributed by atoms with van der Waals surface area (Å²) in [7, 11) is -1.37. The van der Waals surface area contributed by atoms with Crippen molar-refractivity contribution in [3.8, 4) is 0 Å². The molecule has 24 heavy (non-hydrogen) atoms. The van der Waals surface area contributed by atoms with E-state index in [1.807, 2.05) is 13.8 Å². The van der Waals surface area contributed by atoms with E-state index in [9.17, 15) is 14.7 Å². The van der Waals surface area contributed by atoms with E-state index in [1.54, 1.807) is 6.92 Å². The number of rotatable bonds is 9. The number of hydrogen-bond acceptors (Lipinski definition) is 6. The van der Waals surface area contributed by atoms with Gasteiger partial charge in [0.25, 0.3) is 0 Å². The third-order valence-corrected chi connectivity index (χ3v) is 5.03. The lowest BCUT2D eigenvalue weighted by atomic mass is 9.81. The van der Waals surface area contributed by atoms with E-state index in [1.165, 1.54) is 0 Å². The molecule has 1 fully saturated rings. The van der Waals surface area contributed by atoms with Gasteiger partial charge in [0.15, 0.2) is 0 Å². The summed E-state index contributed by atoms with van der Waals surface area (Å²) in [6.07, 6.45) is 1.95. The van der Waals surface area contributed by atoms with Crippen LogP contribution in [0.4, 0.5) is 0 Å². The molecule has 1 heterocycles. The molecule has 0 saturated carbocycles. The number of nitrogens with two attached hydrogens (primary N) is 1. The molecule has 0 aromatic carbocycles. The first-order valence-corrected chi connectivity index (χ1v) is 8.45. The Morgan fingerprint density at radius 2 is 2.04 bits per heavy atom. The van der Waals surface area contributed by atoms with Gasteiger partial charge in [0.05, 0.1) is 5.54 Å². The minimum Gasteiger partial charge on any atom is -0.480 e. The van der Waals surface area contributed by atoms with Crippen molar-refractivity contribution in [2.24, 2.45) is 11.7 Å². The molecule has 0 aromatic rings. The lowest BCUT2D eigenvalue weighted by Gasteiger charge is -2.29. The van der Waals surface area contributed by atoms with Crippen LogP contribution in [0.1, 0.15) is 46.5 Å². The molecule has 0 aliphatic carbocycles. The summed E-state index contributed by atoms with van der Waals surface area (Å²) in [5, 5.41) is 33.1. The summed E-state index contributed by atoms with van der Waals surface area (Å²) >= 11 is 0. The van der Waals surface area contributed by atoms with Crippen LogP contribution in [-0.4, -0.2) is 57.8 Å². The van der Waals surface area contributed by atoms with Crippen molar-refractivity contribution in [3.63, 3.8) is 0 Å². The Kier molecular flexibility index (Phi) is 7.21. The van der Waals surface area contributed by atoms with E-state index < -0.39 is 24.2 Å². The number of unbranched alkanes of at least 4 members (excludes halogenated alkanes) is 1. The molecule has 0 unspecified atom stereocenters. The second-order valence-electron chi connectivity index (χ2n) is 7.31. The molecule has 1 aliphatic rings. The monoisotopic (exact) mass is 343 g/mol. The lowest BCUT2D eigenvalue weighted by molar-refractivity contribution is -0.144. The zero-order chi connectivity index (χ0) is 18.5. The molecule has 1 aliphatic heterocycles. The van der Waals surface area contributed by atoms with Gasteiger partial charge in [-0.15, -0.1) is 0 Å². The van der Waals surface area contributed by atoms with Crippen LogP contribution in [0.25, 0.3) is 0 Å². The average molecular weight is 343 g/mol. The average Bonchev–Trinajstić information content (AvgIpc) is 2.87. The highest BCUT2D eigenvalue weighted by Crippen LogP contribution is 2.27. The van der Waals surface area contributed by atoms with Crippen molar-refractivity contribution in [2.45, 2.75) is 69.9 Å². The number of nitrogens with one attached hydrogen (secondary N) is 2. The number of aliphatic carboxylic acids is 1. The van der Waals surface area contributed by atoms with Gasteiger partial charge in [-0.3, -0.25) is 14.9 Å². The maximum atomic E-state index is 12.3. The minimum absolute atomic E-state index is 0.0407. The topological polar surface area (TPSA) is 145 Å². The van der Waals surface area contributed by atoms with Crippen LogP contribution in [-0.2, 0) is 9.59 Å². The molecule has 1 rings (SSSR count). The smallest absolute Gasteiger partial charge is 0.451 e. The second-order valence-corrected chi connectivity index (χ2v) is 7.31. The van der Waals surface area contributed by atoms with Gasteiger partial charge in [0, 0.05) is 12.6 Å². The second kappa shape index (κ2) is 8.29. The standard InChI is InChI=1S/C15H30BN3O5/c1-10(2)14(3,17)12(20)19-11-8-15(13(21)22,18-9-11)6-4-5-7-16(23)24/h10-11,18,23-24H,4-9,17H2,1-3H3,(H,19,20)(H,21,22)/t11-,14+,15-/m1/s1. The van der Waals surface area contributed by atoms with Crippen molar-refractivity contribution < 1.29 is 24.7 Å². The van der Waals surface area contributed by atoms with E-state index in [4.69, 9.17) is 15.8 Å². The van der Waals surface area contributed by atoms with E-state index in [0.29, 0.717) is 25.8 Å². The van der Waals surface area contributed by atoms with Crippen molar-refractivity contribution >= 4 is 19.0 Å². The van der Waals surface area contributed by atoms with Gasteiger partial charge in [-0.2, -0.15) is 0 Å². The van der Waals surface area contributed by atoms with Crippen LogP contribution in [0.2, 0.25) is 6.32 Å². The van der Waals surface area contributed by atoms with Gasteiger partial charge in [0.2, 0.25) is 5.91 Å². The number of amides is 1. The SMILES string of the molecule is CC(C)[C@](C)(N)C(=O)N[C@H]1CN[C@@](CCCCB(O)O)(C(=O)O)C1. The highest BCUT2D eigenvalue weighted by atomic mass is 16.4. The Morgan fingerprint density at radius 3 is 2.54 bits per heavy atom. The molecule has 138 valence electrons. The highest BCUT2D eigenvalue weighted by molar-refractivity contribution is 6.40. The van der Waals surface area contributed by atoms with E-state index in [2.05, 4.69) is 10.6 Å². The Hall–Kier alpha value is -1.16. The van der Waals surface area contributed by atoms with Gasteiger partial charge in [-0.1, -0.05) is 26.7 Å². The molecule has 1 amide bonds. The zero-order valence-electron chi connectivity index (χ0n) is 14.7. The summed E-state index contributed by atoms with van der Waals surface area (Å²) in [4.78, 5) is 24.0. The van der Waals surface area contributed by atoms with Crippen LogP contribution in [0.3, 0.4) is 0 Å². The fraction of sp³-hybridized carbons (Fsp3) is 0.867. The normalized spacial score (nSPS) is 26.2. The molecule has 0 aromatic heterocycles. The zero-order valence-corrected chi connectivity index (χ0v) is 14.7. The quantitative estimate of drug-likeness (QED) is 0.240.